The molecule has 0 saturated carbocycles. The van der Waals surface area contributed by atoms with E-state index in [9.17, 15) is 0 Å². The van der Waals surface area contributed by atoms with E-state index < -0.39 is 0 Å². The van der Waals surface area contributed by atoms with E-state index in [1.165, 1.54) is 33.2 Å². The number of nitrogens with one attached hydrogen (secondary N) is 1. The number of anilines is 1. The molecule has 1 heteroatoms. The van der Waals surface area contributed by atoms with Crippen molar-refractivity contribution in [3.05, 3.63) is 77.4 Å². The maximum atomic E-state index is 3.72. The van der Waals surface area contributed by atoms with Crippen LogP contribution in [0.3, 0.4) is 0 Å². The summed E-state index contributed by atoms with van der Waals surface area (Å²) in [5, 5.41) is 6.36. The van der Waals surface area contributed by atoms with Crippen molar-refractivity contribution < 1.29 is 0 Å². The highest BCUT2D eigenvalue weighted by atomic mass is 15.0. The number of benzene rings is 3. The third-order valence-electron chi connectivity index (χ3n) is 4.20. The van der Waals surface area contributed by atoms with Gasteiger partial charge in [-0.1, -0.05) is 66.2 Å². The Hall–Kier alpha value is -2.28. The molecular weight excluding hydrogens is 242 g/mol. The van der Waals surface area contributed by atoms with Crippen LogP contribution in [0.4, 0.5) is 5.69 Å². The zero-order valence-corrected chi connectivity index (χ0v) is 11.6. The van der Waals surface area contributed by atoms with Crippen molar-refractivity contribution in [2.45, 2.75) is 19.4 Å². The van der Waals surface area contributed by atoms with E-state index in [2.05, 4.69) is 72.9 Å². The Labute approximate surface area is 119 Å². The highest BCUT2D eigenvalue weighted by molar-refractivity contribution is 5.96. The second-order valence-corrected chi connectivity index (χ2v) is 5.64. The Balaban J connectivity index is 1.78. The lowest BCUT2D eigenvalue weighted by Crippen LogP contribution is -2.05. The molecule has 0 radical (unpaired) electrons. The molecule has 1 heterocycles. The van der Waals surface area contributed by atoms with Gasteiger partial charge in [-0.2, -0.15) is 0 Å². The molecule has 0 aromatic heterocycles. The molecule has 0 spiro atoms. The zero-order chi connectivity index (χ0) is 13.5. The highest BCUT2D eigenvalue weighted by Gasteiger charge is 2.23. The van der Waals surface area contributed by atoms with Gasteiger partial charge in [0.25, 0.3) is 0 Å². The Morgan fingerprint density at radius 2 is 1.85 bits per heavy atom. The first-order valence-corrected chi connectivity index (χ1v) is 7.15. The fourth-order valence-corrected chi connectivity index (χ4v) is 3.19. The average molecular weight is 259 g/mol. The first-order valence-electron chi connectivity index (χ1n) is 7.15. The first-order chi connectivity index (χ1) is 9.81. The summed E-state index contributed by atoms with van der Waals surface area (Å²) in [6.45, 7) is 2.15. The summed E-state index contributed by atoms with van der Waals surface area (Å²) in [5.41, 5.74) is 5.44. The Bertz CT molecular complexity index is 789. The summed E-state index contributed by atoms with van der Waals surface area (Å²) in [5.74, 6) is 0. The molecule has 3 aromatic rings. The van der Waals surface area contributed by atoms with Crippen LogP contribution in [0.1, 0.15) is 22.7 Å². The molecule has 1 aliphatic heterocycles. The van der Waals surface area contributed by atoms with Crippen LogP contribution in [-0.4, -0.2) is 0 Å². The van der Waals surface area contributed by atoms with Gasteiger partial charge >= 0.3 is 0 Å². The molecule has 4 rings (SSSR count). The van der Waals surface area contributed by atoms with Crippen molar-refractivity contribution in [1.29, 1.82) is 0 Å². The van der Waals surface area contributed by atoms with E-state index in [0.29, 0.717) is 6.04 Å². The molecule has 1 aliphatic rings. The SMILES string of the molecule is Cc1cccc(C2Cc3ccc4ccccc4c3N2)c1. The fourth-order valence-electron chi connectivity index (χ4n) is 3.19. The van der Waals surface area contributed by atoms with Crippen molar-refractivity contribution in [3.63, 3.8) is 0 Å². The summed E-state index contributed by atoms with van der Waals surface area (Å²) in [4.78, 5) is 0. The summed E-state index contributed by atoms with van der Waals surface area (Å²) in [6.07, 6.45) is 1.07. The van der Waals surface area contributed by atoms with Gasteiger partial charge in [0.15, 0.2) is 0 Å². The van der Waals surface area contributed by atoms with E-state index in [-0.39, 0.29) is 0 Å². The molecule has 0 bridgehead atoms. The predicted molar refractivity (Wildman–Crippen MR) is 85.2 cm³/mol. The van der Waals surface area contributed by atoms with Crippen molar-refractivity contribution >= 4 is 16.5 Å². The Morgan fingerprint density at radius 1 is 0.950 bits per heavy atom. The average Bonchev–Trinajstić information content (AvgIpc) is 2.92. The number of fused-ring (bicyclic) bond motifs is 3. The van der Waals surface area contributed by atoms with E-state index in [0.717, 1.165) is 6.42 Å². The minimum Gasteiger partial charge on any atom is -0.377 e. The lowest BCUT2D eigenvalue weighted by Gasteiger charge is -2.13. The van der Waals surface area contributed by atoms with Gasteiger partial charge in [-0.05, 0) is 29.9 Å². The van der Waals surface area contributed by atoms with Crippen molar-refractivity contribution in [2.24, 2.45) is 0 Å². The lowest BCUT2D eigenvalue weighted by molar-refractivity contribution is 0.823. The van der Waals surface area contributed by atoms with Crippen LogP contribution in [0.15, 0.2) is 60.7 Å². The minimum absolute atomic E-state index is 0.399. The van der Waals surface area contributed by atoms with Gasteiger partial charge in [-0.15, -0.1) is 0 Å². The summed E-state index contributed by atoms with van der Waals surface area (Å²) >= 11 is 0. The summed E-state index contributed by atoms with van der Waals surface area (Å²) in [6, 6.07) is 22.3. The van der Waals surface area contributed by atoms with Gasteiger partial charge in [0.2, 0.25) is 0 Å². The van der Waals surface area contributed by atoms with Crippen LogP contribution < -0.4 is 5.32 Å². The molecule has 20 heavy (non-hydrogen) atoms. The second-order valence-electron chi connectivity index (χ2n) is 5.64. The van der Waals surface area contributed by atoms with Crippen molar-refractivity contribution in [2.75, 3.05) is 5.32 Å². The number of hydrogen-bond acceptors (Lipinski definition) is 1. The Morgan fingerprint density at radius 3 is 2.75 bits per heavy atom. The van der Waals surface area contributed by atoms with Crippen LogP contribution in [0.2, 0.25) is 0 Å². The fraction of sp³-hybridized carbons (Fsp3) is 0.158. The standard InChI is InChI=1S/C19H17N/c1-13-5-4-7-15(11-13)18-12-16-10-9-14-6-2-3-8-17(14)19(16)20-18/h2-11,18,20H,12H2,1H3. The predicted octanol–water partition coefficient (Wildman–Crippen LogP) is 4.86. The van der Waals surface area contributed by atoms with Gasteiger partial charge in [-0.3, -0.25) is 0 Å². The third kappa shape index (κ3) is 1.78. The van der Waals surface area contributed by atoms with E-state index in [1.807, 2.05) is 0 Å². The maximum absolute atomic E-state index is 3.72. The number of rotatable bonds is 1. The van der Waals surface area contributed by atoms with Gasteiger partial charge in [-0.25, -0.2) is 0 Å². The largest absolute Gasteiger partial charge is 0.377 e. The maximum Gasteiger partial charge on any atom is 0.0555 e. The molecule has 0 saturated heterocycles. The zero-order valence-electron chi connectivity index (χ0n) is 11.6. The molecule has 1 N–H and O–H groups in total. The smallest absolute Gasteiger partial charge is 0.0555 e. The van der Waals surface area contributed by atoms with Crippen LogP contribution in [0, 0.1) is 6.92 Å². The van der Waals surface area contributed by atoms with Crippen molar-refractivity contribution in [3.8, 4) is 0 Å². The molecule has 1 unspecified atom stereocenters. The number of aryl methyl sites for hydroxylation is 1. The number of hydrogen-bond donors (Lipinski definition) is 1. The molecule has 0 aliphatic carbocycles. The van der Waals surface area contributed by atoms with Gasteiger partial charge < -0.3 is 5.32 Å². The highest BCUT2D eigenvalue weighted by Crippen LogP contribution is 2.39. The molecule has 3 aromatic carbocycles. The van der Waals surface area contributed by atoms with Crippen LogP contribution in [0.5, 0.6) is 0 Å². The minimum atomic E-state index is 0.399. The monoisotopic (exact) mass is 259 g/mol. The van der Waals surface area contributed by atoms with E-state index >= 15 is 0 Å². The lowest BCUT2D eigenvalue weighted by atomic mass is 10.00. The first kappa shape index (κ1) is 11.5. The van der Waals surface area contributed by atoms with Crippen LogP contribution >= 0.6 is 0 Å². The topological polar surface area (TPSA) is 12.0 Å². The van der Waals surface area contributed by atoms with Crippen LogP contribution in [0.25, 0.3) is 10.8 Å². The molecule has 98 valence electrons. The van der Waals surface area contributed by atoms with Gasteiger partial charge in [0.05, 0.1) is 6.04 Å². The van der Waals surface area contributed by atoms with E-state index in [4.69, 9.17) is 0 Å². The van der Waals surface area contributed by atoms with Crippen molar-refractivity contribution in [1.82, 2.24) is 0 Å². The molecule has 0 amide bonds. The molecule has 0 fully saturated rings. The van der Waals surface area contributed by atoms with Crippen LogP contribution in [-0.2, 0) is 6.42 Å². The summed E-state index contributed by atoms with van der Waals surface area (Å²) < 4.78 is 0. The molecule has 1 atom stereocenters. The molecular formula is C19H17N. The third-order valence-corrected chi connectivity index (χ3v) is 4.20. The normalized spacial score (nSPS) is 16.9. The quantitative estimate of drug-likeness (QED) is 0.658. The molecule has 1 nitrogen and oxygen atoms in total. The van der Waals surface area contributed by atoms with Gasteiger partial charge in [0.1, 0.15) is 0 Å². The van der Waals surface area contributed by atoms with E-state index in [1.54, 1.807) is 0 Å². The summed E-state index contributed by atoms with van der Waals surface area (Å²) in [7, 11) is 0. The van der Waals surface area contributed by atoms with Gasteiger partial charge in [0, 0.05) is 11.1 Å². The second kappa shape index (κ2) is 4.38. The Kier molecular flexibility index (Phi) is 2.53.